The molecule has 0 aromatic heterocycles. The molecule has 1 N–H and O–H groups in total. The van der Waals surface area contributed by atoms with Gasteiger partial charge in [0.05, 0.1) is 39.6 Å². The quantitative estimate of drug-likeness (QED) is 0.111. The zero-order valence-electron chi connectivity index (χ0n) is 21.1. The lowest BCUT2D eigenvalue weighted by atomic mass is 10.0. The van der Waals surface area contributed by atoms with Gasteiger partial charge in [0.1, 0.15) is 24.0 Å². The maximum absolute atomic E-state index is 12.4. The van der Waals surface area contributed by atoms with Gasteiger partial charge in [-0.3, -0.25) is 4.79 Å². The summed E-state index contributed by atoms with van der Waals surface area (Å²) in [6.07, 6.45) is 0. The van der Waals surface area contributed by atoms with Crippen LogP contribution in [0.3, 0.4) is 0 Å². The summed E-state index contributed by atoms with van der Waals surface area (Å²) in [5.74, 6) is 0.643. The van der Waals surface area contributed by atoms with Crippen molar-refractivity contribution in [3.8, 4) is 5.75 Å². The number of nitrogens with zero attached hydrogens (tertiary/aromatic N) is 3. The molecule has 0 amide bonds. The minimum absolute atomic E-state index is 0.117. The summed E-state index contributed by atoms with van der Waals surface area (Å²) in [4.78, 5) is 15.1. The van der Waals surface area contributed by atoms with E-state index in [-0.39, 0.29) is 17.9 Å². The molecule has 34 heavy (non-hydrogen) atoms. The monoisotopic (exact) mass is 480 g/mol. The van der Waals surface area contributed by atoms with Crippen LogP contribution in [-0.2, 0) is 30.3 Å². The molecular formula is C24H40N4O6. The van der Waals surface area contributed by atoms with Crippen molar-refractivity contribution in [1.82, 2.24) is 5.32 Å². The van der Waals surface area contributed by atoms with Gasteiger partial charge >= 0.3 is 5.97 Å². The largest absolute Gasteiger partial charge is 0.491 e. The van der Waals surface area contributed by atoms with Crippen LogP contribution in [-0.4, -0.2) is 70.4 Å². The lowest BCUT2D eigenvalue weighted by Gasteiger charge is -2.26. The van der Waals surface area contributed by atoms with E-state index in [0.29, 0.717) is 59.3 Å². The number of carbonyl (C=O) groups excluding carboxylic acids is 1. The van der Waals surface area contributed by atoms with Crippen LogP contribution in [0, 0.1) is 5.92 Å². The summed E-state index contributed by atoms with van der Waals surface area (Å²) >= 11 is 0. The topological polar surface area (TPSA) is 124 Å². The molecule has 0 aliphatic carbocycles. The number of esters is 1. The Labute approximate surface area is 202 Å². The van der Waals surface area contributed by atoms with Crippen molar-refractivity contribution in [2.45, 2.75) is 52.8 Å². The van der Waals surface area contributed by atoms with Crippen molar-refractivity contribution in [2.75, 3.05) is 52.8 Å². The molecule has 1 aromatic carbocycles. The Morgan fingerprint density at radius 3 is 2.06 bits per heavy atom. The lowest BCUT2D eigenvalue weighted by Crippen LogP contribution is -2.44. The molecule has 1 aromatic rings. The molecule has 0 aliphatic rings. The number of carbonyl (C=O) groups is 1. The van der Waals surface area contributed by atoms with E-state index in [9.17, 15) is 4.79 Å². The van der Waals surface area contributed by atoms with Gasteiger partial charge in [-0.05, 0) is 49.9 Å². The third-order valence-electron chi connectivity index (χ3n) is 4.42. The predicted molar refractivity (Wildman–Crippen MR) is 130 cm³/mol. The van der Waals surface area contributed by atoms with Gasteiger partial charge in [-0.15, -0.1) is 0 Å². The molecule has 0 spiro atoms. The number of nitrogens with one attached hydrogen (secondary N) is 1. The van der Waals surface area contributed by atoms with Gasteiger partial charge in [-0.2, -0.15) is 0 Å². The summed E-state index contributed by atoms with van der Waals surface area (Å²) in [5, 5.41) is 6.67. The van der Waals surface area contributed by atoms with Crippen molar-refractivity contribution in [2.24, 2.45) is 11.0 Å². The highest BCUT2D eigenvalue weighted by Gasteiger charge is 2.27. The fraction of sp³-hybridized carbons (Fsp3) is 0.708. The minimum atomic E-state index is -0.508. The molecule has 1 rings (SSSR count). The van der Waals surface area contributed by atoms with Crippen LogP contribution in [0.5, 0.6) is 5.75 Å². The van der Waals surface area contributed by atoms with Gasteiger partial charge in [0.25, 0.3) is 0 Å². The highest BCUT2D eigenvalue weighted by molar-refractivity contribution is 5.76. The molecule has 10 nitrogen and oxygen atoms in total. The second-order valence-electron chi connectivity index (χ2n) is 8.92. The van der Waals surface area contributed by atoms with Crippen molar-refractivity contribution in [3.63, 3.8) is 0 Å². The SMILES string of the molecule is CC(C)[C@@H](NCc1ccc(OCCOCCOCCOCCN=[N+]=[N-])cc1)C(=O)OC(C)(C)C. The molecule has 1 atom stereocenters. The first-order valence-corrected chi connectivity index (χ1v) is 11.6. The van der Waals surface area contributed by atoms with E-state index in [1.54, 1.807) is 0 Å². The second-order valence-corrected chi connectivity index (χ2v) is 8.92. The third-order valence-corrected chi connectivity index (χ3v) is 4.42. The number of azide groups is 1. The first-order valence-electron chi connectivity index (χ1n) is 11.6. The molecular weight excluding hydrogens is 440 g/mol. The van der Waals surface area contributed by atoms with Crippen molar-refractivity contribution in [3.05, 3.63) is 40.3 Å². The van der Waals surface area contributed by atoms with Gasteiger partial charge < -0.3 is 29.0 Å². The van der Waals surface area contributed by atoms with Crippen molar-refractivity contribution in [1.29, 1.82) is 0 Å². The molecule has 0 bridgehead atoms. The van der Waals surface area contributed by atoms with Crippen LogP contribution in [0.15, 0.2) is 29.4 Å². The zero-order valence-corrected chi connectivity index (χ0v) is 21.1. The first-order chi connectivity index (χ1) is 16.2. The number of hydrogen-bond donors (Lipinski definition) is 1. The standard InChI is InChI=1S/C24H40N4O6/c1-19(2)22(23(29)34-24(3,4)5)26-18-20-6-8-21(9-7-20)33-17-16-32-15-14-31-13-12-30-11-10-27-28-25/h6-9,19,22,26H,10-18H2,1-5H3/t22-/m1/s1. The van der Waals surface area contributed by atoms with Crippen LogP contribution in [0.4, 0.5) is 0 Å². The smallest absolute Gasteiger partial charge is 0.323 e. The molecule has 0 heterocycles. The molecule has 0 aliphatic heterocycles. The van der Waals surface area contributed by atoms with Gasteiger partial charge in [-0.1, -0.05) is 31.1 Å². The average Bonchev–Trinajstić information content (AvgIpc) is 2.76. The Bertz CT molecular complexity index is 730. The molecule has 0 saturated carbocycles. The number of benzene rings is 1. The van der Waals surface area contributed by atoms with E-state index >= 15 is 0 Å². The molecule has 0 saturated heterocycles. The summed E-state index contributed by atoms with van der Waals surface area (Å²) in [7, 11) is 0. The van der Waals surface area contributed by atoms with E-state index in [4.69, 9.17) is 29.2 Å². The van der Waals surface area contributed by atoms with Gasteiger partial charge in [0, 0.05) is 18.0 Å². The number of rotatable bonds is 18. The minimum Gasteiger partial charge on any atom is -0.491 e. The van der Waals surface area contributed by atoms with E-state index in [0.717, 1.165) is 11.3 Å². The van der Waals surface area contributed by atoms with Crippen LogP contribution in [0.25, 0.3) is 10.4 Å². The summed E-state index contributed by atoms with van der Waals surface area (Å²) < 4.78 is 27.3. The average molecular weight is 481 g/mol. The van der Waals surface area contributed by atoms with Gasteiger partial charge in [-0.25, -0.2) is 0 Å². The highest BCUT2D eigenvalue weighted by Crippen LogP contribution is 2.15. The Morgan fingerprint density at radius 1 is 0.971 bits per heavy atom. The first kappa shape index (κ1) is 29.7. The van der Waals surface area contributed by atoms with E-state index in [1.165, 1.54) is 0 Å². The molecule has 0 radical (unpaired) electrons. The second kappa shape index (κ2) is 17.1. The predicted octanol–water partition coefficient (Wildman–Crippen LogP) is 3.88. The maximum Gasteiger partial charge on any atom is 0.323 e. The van der Waals surface area contributed by atoms with Crippen LogP contribution in [0.1, 0.15) is 40.2 Å². The normalized spacial score (nSPS) is 12.3. The molecule has 10 heteroatoms. The Hall–Kier alpha value is -2.36. The van der Waals surface area contributed by atoms with E-state index < -0.39 is 5.60 Å². The maximum atomic E-state index is 12.4. The molecule has 192 valence electrons. The fourth-order valence-corrected chi connectivity index (χ4v) is 2.80. The van der Waals surface area contributed by atoms with E-state index in [1.807, 2.05) is 58.9 Å². The van der Waals surface area contributed by atoms with Crippen molar-refractivity contribution < 1.29 is 28.5 Å². The van der Waals surface area contributed by atoms with Crippen LogP contribution < -0.4 is 10.1 Å². The van der Waals surface area contributed by atoms with E-state index in [2.05, 4.69) is 15.3 Å². The highest BCUT2D eigenvalue weighted by atomic mass is 16.6. The van der Waals surface area contributed by atoms with Crippen LogP contribution >= 0.6 is 0 Å². The summed E-state index contributed by atoms with van der Waals surface area (Å²) in [6.45, 7) is 13.6. The Kier molecular flexibility index (Phi) is 14.9. The molecule has 0 fully saturated rings. The number of ether oxygens (including phenoxy) is 5. The third kappa shape index (κ3) is 14.7. The lowest BCUT2D eigenvalue weighted by molar-refractivity contribution is -0.158. The molecule has 0 unspecified atom stereocenters. The van der Waals surface area contributed by atoms with Crippen molar-refractivity contribution >= 4 is 5.97 Å². The Balaban J connectivity index is 2.17. The number of hydrogen-bond acceptors (Lipinski definition) is 8. The zero-order chi connectivity index (χ0) is 25.2. The van der Waals surface area contributed by atoms with Gasteiger partial charge in [0.2, 0.25) is 0 Å². The van der Waals surface area contributed by atoms with Gasteiger partial charge in [0.15, 0.2) is 0 Å². The van der Waals surface area contributed by atoms with Crippen LogP contribution in [0.2, 0.25) is 0 Å². The summed E-state index contributed by atoms with van der Waals surface area (Å²) in [5.41, 5.74) is 8.68. The fourth-order valence-electron chi connectivity index (χ4n) is 2.80. The Morgan fingerprint density at radius 2 is 1.53 bits per heavy atom. The summed E-state index contributed by atoms with van der Waals surface area (Å²) in [6, 6.07) is 7.38.